The van der Waals surface area contributed by atoms with E-state index in [4.69, 9.17) is 9.47 Å². The predicted octanol–water partition coefficient (Wildman–Crippen LogP) is 2.84. The summed E-state index contributed by atoms with van der Waals surface area (Å²) in [6.45, 7) is 10.4. The second kappa shape index (κ2) is 9.26. The van der Waals surface area contributed by atoms with Crippen LogP contribution in [-0.2, 0) is 9.47 Å². The molecule has 0 spiro atoms. The van der Waals surface area contributed by atoms with E-state index in [0.717, 1.165) is 32.4 Å². The molecule has 0 saturated carbocycles. The highest BCUT2D eigenvalue weighted by Gasteiger charge is 2.18. The second-order valence-electron chi connectivity index (χ2n) is 6.86. The maximum atomic E-state index is 11.4. The molecule has 5 nitrogen and oxygen atoms in total. The van der Waals surface area contributed by atoms with Crippen molar-refractivity contribution < 1.29 is 14.3 Å². The molecule has 124 valence electrons. The summed E-state index contributed by atoms with van der Waals surface area (Å²) in [5, 5.41) is 6.18. The molecule has 0 radical (unpaired) electrons. The smallest absolute Gasteiger partial charge is 0.407 e. The Balaban J connectivity index is 1.92. The van der Waals surface area contributed by atoms with Gasteiger partial charge in [0, 0.05) is 19.6 Å². The summed E-state index contributed by atoms with van der Waals surface area (Å²) in [4.78, 5) is 11.4. The molecule has 0 bridgehead atoms. The number of morpholine rings is 1. The van der Waals surface area contributed by atoms with Gasteiger partial charge in [-0.15, -0.1) is 0 Å². The number of hydrogen-bond donors (Lipinski definition) is 2. The molecule has 1 saturated heterocycles. The van der Waals surface area contributed by atoms with Crippen LogP contribution in [0.5, 0.6) is 0 Å². The Kier molecular flexibility index (Phi) is 8.04. The highest BCUT2D eigenvalue weighted by Crippen LogP contribution is 2.12. The van der Waals surface area contributed by atoms with Crippen molar-refractivity contribution in [1.29, 1.82) is 0 Å². The van der Waals surface area contributed by atoms with E-state index in [1.165, 1.54) is 12.8 Å². The molecule has 0 aromatic rings. The Morgan fingerprint density at radius 1 is 1.24 bits per heavy atom. The second-order valence-corrected chi connectivity index (χ2v) is 6.86. The van der Waals surface area contributed by atoms with E-state index in [2.05, 4.69) is 17.6 Å². The summed E-state index contributed by atoms with van der Waals surface area (Å²) in [5.74, 6) is 0. The van der Waals surface area contributed by atoms with E-state index in [9.17, 15) is 4.79 Å². The predicted molar refractivity (Wildman–Crippen MR) is 84.5 cm³/mol. The van der Waals surface area contributed by atoms with Gasteiger partial charge in [-0.1, -0.05) is 19.3 Å². The first-order valence-corrected chi connectivity index (χ1v) is 8.20. The normalized spacial score (nSPS) is 22.9. The molecule has 1 rings (SSSR count). The number of alkyl carbamates (subject to hydrolysis) is 1. The first-order valence-electron chi connectivity index (χ1n) is 8.20. The fraction of sp³-hybridized carbons (Fsp3) is 0.938. The van der Waals surface area contributed by atoms with Gasteiger partial charge in [-0.25, -0.2) is 4.79 Å². The molecule has 2 N–H and O–H groups in total. The van der Waals surface area contributed by atoms with Crippen molar-refractivity contribution >= 4 is 6.09 Å². The van der Waals surface area contributed by atoms with E-state index < -0.39 is 5.60 Å². The van der Waals surface area contributed by atoms with Crippen molar-refractivity contribution in [1.82, 2.24) is 10.6 Å². The fourth-order valence-corrected chi connectivity index (χ4v) is 2.40. The number of carbonyl (C=O) groups excluding carboxylic acids is 1. The van der Waals surface area contributed by atoms with Crippen molar-refractivity contribution in [2.24, 2.45) is 0 Å². The van der Waals surface area contributed by atoms with E-state index in [1.807, 2.05) is 20.8 Å². The highest BCUT2D eigenvalue weighted by molar-refractivity contribution is 5.67. The molecule has 1 aliphatic rings. The summed E-state index contributed by atoms with van der Waals surface area (Å²) in [5.41, 5.74) is -0.421. The first kappa shape index (κ1) is 18.2. The molecule has 2 atom stereocenters. The first-order chi connectivity index (χ1) is 9.87. The molecule has 1 amide bonds. The molecular formula is C16H32N2O3. The van der Waals surface area contributed by atoms with Crippen LogP contribution in [0, 0.1) is 0 Å². The van der Waals surface area contributed by atoms with Gasteiger partial charge in [-0.3, -0.25) is 0 Å². The van der Waals surface area contributed by atoms with Gasteiger partial charge in [0.2, 0.25) is 0 Å². The van der Waals surface area contributed by atoms with Crippen LogP contribution in [0.3, 0.4) is 0 Å². The van der Waals surface area contributed by atoms with Crippen molar-refractivity contribution in [3.8, 4) is 0 Å². The average molecular weight is 300 g/mol. The Labute approximate surface area is 129 Å². The zero-order chi connectivity index (χ0) is 15.7. The minimum absolute atomic E-state index is 0.321. The molecule has 21 heavy (non-hydrogen) atoms. The van der Waals surface area contributed by atoms with Crippen molar-refractivity contribution in [2.45, 2.75) is 77.6 Å². The summed E-state index contributed by atoms with van der Waals surface area (Å²) >= 11 is 0. The van der Waals surface area contributed by atoms with Crippen molar-refractivity contribution in [3.05, 3.63) is 0 Å². The molecule has 0 unspecified atom stereocenters. The molecule has 1 fully saturated rings. The third-order valence-electron chi connectivity index (χ3n) is 3.35. The molecule has 1 heterocycles. The zero-order valence-corrected chi connectivity index (χ0v) is 14.0. The molecule has 5 heteroatoms. The van der Waals surface area contributed by atoms with E-state index in [1.54, 1.807) is 0 Å². The van der Waals surface area contributed by atoms with Crippen LogP contribution in [0.2, 0.25) is 0 Å². The number of carbonyl (C=O) groups is 1. The van der Waals surface area contributed by atoms with Gasteiger partial charge >= 0.3 is 6.09 Å². The topological polar surface area (TPSA) is 59.6 Å². The molecule has 0 aromatic heterocycles. The molecule has 1 aliphatic heterocycles. The Morgan fingerprint density at radius 3 is 2.62 bits per heavy atom. The van der Waals surface area contributed by atoms with E-state index >= 15 is 0 Å². The van der Waals surface area contributed by atoms with Gasteiger partial charge in [0.1, 0.15) is 5.60 Å². The number of amides is 1. The quantitative estimate of drug-likeness (QED) is 0.710. The lowest BCUT2D eigenvalue weighted by Gasteiger charge is -2.28. The third-order valence-corrected chi connectivity index (χ3v) is 3.35. The SMILES string of the molecule is C[C@@H]1CNC[C@H](CCCCCCNC(=O)OC(C)(C)C)O1. The van der Waals surface area contributed by atoms with Crippen LogP contribution in [0.15, 0.2) is 0 Å². The van der Waals surface area contributed by atoms with Crippen LogP contribution in [0.4, 0.5) is 4.79 Å². The van der Waals surface area contributed by atoms with Gasteiger partial charge in [0.25, 0.3) is 0 Å². The lowest BCUT2D eigenvalue weighted by Crippen LogP contribution is -2.43. The van der Waals surface area contributed by atoms with Crippen LogP contribution >= 0.6 is 0 Å². The van der Waals surface area contributed by atoms with Gasteiger partial charge < -0.3 is 20.1 Å². The van der Waals surface area contributed by atoms with Crippen molar-refractivity contribution in [3.63, 3.8) is 0 Å². The number of hydrogen-bond acceptors (Lipinski definition) is 4. The Morgan fingerprint density at radius 2 is 1.95 bits per heavy atom. The maximum absolute atomic E-state index is 11.4. The van der Waals surface area contributed by atoms with Gasteiger partial charge in [0.15, 0.2) is 0 Å². The van der Waals surface area contributed by atoms with Gasteiger partial charge in [-0.2, -0.15) is 0 Å². The molecule has 0 aliphatic carbocycles. The van der Waals surface area contributed by atoms with Gasteiger partial charge in [-0.05, 0) is 40.5 Å². The number of nitrogens with one attached hydrogen (secondary N) is 2. The van der Waals surface area contributed by atoms with E-state index in [0.29, 0.717) is 18.8 Å². The monoisotopic (exact) mass is 300 g/mol. The number of unbranched alkanes of at least 4 members (excludes halogenated alkanes) is 3. The summed E-state index contributed by atoms with van der Waals surface area (Å²) in [6, 6.07) is 0. The molecule has 0 aromatic carbocycles. The lowest BCUT2D eigenvalue weighted by atomic mass is 10.1. The van der Waals surface area contributed by atoms with Crippen molar-refractivity contribution in [2.75, 3.05) is 19.6 Å². The van der Waals surface area contributed by atoms with Crippen LogP contribution < -0.4 is 10.6 Å². The van der Waals surface area contributed by atoms with Crippen LogP contribution in [0.25, 0.3) is 0 Å². The standard InChI is InChI=1S/C16H32N2O3/c1-13-11-17-12-14(20-13)9-7-5-6-8-10-18-15(19)21-16(2,3)4/h13-14,17H,5-12H2,1-4H3,(H,18,19)/t13-,14+/m1/s1. The fourth-order valence-electron chi connectivity index (χ4n) is 2.40. The van der Waals surface area contributed by atoms with Crippen LogP contribution in [-0.4, -0.2) is 43.5 Å². The summed E-state index contributed by atoms with van der Waals surface area (Å²) in [7, 11) is 0. The number of ether oxygens (including phenoxy) is 2. The highest BCUT2D eigenvalue weighted by atomic mass is 16.6. The largest absolute Gasteiger partial charge is 0.444 e. The Hall–Kier alpha value is -0.810. The minimum atomic E-state index is -0.421. The summed E-state index contributed by atoms with van der Waals surface area (Å²) in [6.07, 6.45) is 6.01. The van der Waals surface area contributed by atoms with Gasteiger partial charge in [0.05, 0.1) is 12.2 Å². The lowest BCUT2D eigenvalue weighted by molar-refractivity contribution is -0.0317. The average Bonchev–Trinajstić information content (AvgIpc) is 2.35. The van der Waals surface area contributed by atoms with E-state index in [-0.39, 0.29) is 6.09 Å². The third kappa shape index (κ3) is 9.69. The Bertz CT molecular complexity index is 302. The molecular weight excluding hydrogens is 268 g/mol. The van der Waals surface area contributed by atoms with Crippen LogP contribution in [0.1, 0.15) is 59.8 Å². The number of rotatable bonds is 7. The summed E-state index contributed by atoms with van der Waals surface area (Å²) < 4.78 is 11.0. The zero-order valence-electron chi connectivity index (χ0n) is 14.0. The minimum Gasteiger partial charge on any atom is -0.444 e. The maximum Gasteiger partial charge on any atom is 0.407 e.